The standard InChI is InChI=1S/C10H14N2O2/c1-3-9(13)11-7-8-5-4-6-10(12-8)14-2/h4-6H,3,7H2,1-2H3,(H,11,13). The molecule has 0 saturated heterocycles. The highest BCUT2D eigenvalue weighted by atomic mass is 16.5. The van der Waals surface area contributed by atoms with Gasteiger partial charge in [0.25, 0.3) is 0 Å². The molecule has 0 atom stereocenters. The van der Waals surface area contributed by atoms with Gasteiger partial charge in [0.05, 0.1) is 19.3 Å². The van der Waals surface area contributed by atoms with Crippen LogP contribution in [-0.2, 0) is 11.3 Å². The first-order valence-corrected chi connectivity index (χ1v) is 4.53. The predicted octanol–water partition coefficient (Wildman–Crippen LogP) is 1.12. The van der Waals surface area contributed by atoms with Gasteiger partial charge in [-0.05, 0) is 6.07 Å². The van der Waals surface area contributed by atoms with Crippen molar-refractivity contribution < 1.29 is 9.53 Å². The van der Waals surface area contributed by atoms with E-state index in [4.69, 9.17) is 4.74 Å². The van der Waals surface area contributed by atoms with Crippen LogP contribution in [0.3, 0.4) is 0 Å². The molecule has 0 aliphatic heterocycles. The van der Waals surface area contributed by atoms with Crippen molar-refractivity contribution >= 4 is 5.91 Å². The van der Waals surface area contributed by atoms with Gasteiger partial charge < -0.3 is 10.1 Å². The van der Waals surface area contributed by atoms with Gasteiger partial charge in [0.15, 0.2) is 0 Å². The Labute approximate surface area is 83.3 Å². The Bertz CT molecular complexity index is 313. The van der Waals surface area contributed by atoms with Crippen molar-refractivity contribution in [3.8, 4) is 5.88 Å². The molecule has 0 unspecified atom stereocenters. The van der Waals surface area contributed by atoms with Crippen molar-refractivity contribution in [2.24, 2.45) is 0 Å². The molecule has 4 nitrogen and oxygen atoms in total. The Morgan fingerprint density at radius 1 is 1.57 bits per heavy atom. The fraction of sp³-hybridized carbons (Fsp3) is 0.400. The summed E-state index contributed by atoms with van der Waals surface area (Å²) >= 11 is 0. The number of amides is 1. The molecule has 0 saturated carbocycles. The Kier molecular flexibility index (Phi) is 3.91. The summed E-state index contributed by atoms with van der Waals surface area (Å²) in [5, 5.41) is 2.74. The third-order valence-electron chi connectivity index (χ3n) is 1.78. The number of rotatable bonds is 4. The minimum absolute atomic E-state index is 0.0228. The predicted molar refractivity (Wildman–Crippen MR) is 52.9 cm³/mol. The molecule has 1 aromatic heterocycles. The molecule has 1 N–H and O–H groups in total. The number of nitrogens with zero attached hydrogens (tertiary/aromatic N) is 1. The van der Waals surface area contributed by atoms with Crippen LogP contribution >= 0.6 is 0 Å². The first-order valence-electron chi connectivity index (χ1n) is 4.53. The second-order valence-corrected chi connectivity index (χ2v) is 2.80. The topological polar surface area (TPSA) is 51.2 Å². The number of nitrogens with one attached hydrogen (secondary N) is 1. The molecule has 0 spiro atoms. The summed E-state index contributed by atoms with van der Waals surface area (Å²) in [5.41, 5.74) is 0.797. The highest BCUT2D eigenvalue weighted by molar-refractivity contribution is 5.75. The zero-order chi connectivity index (χ0) is 10.4. The molecule has 1 heterocycles. The molecule has 1 aromatic rings. The Balaban J connectivity index is 2.54. The van der Waals surface area contributed by atoms with Gasteiger partial charge in [0, 0.05) is 12.5 Å². The van der Waals surface area contributed by atoms with Crippen molar-refractivity contribution in [2.45, 2.75) is 19.9 Å². The SMILES string of the molecule is CCC(=O)NCc1cccc(OC)n1. The van der Waals surface area contributed by atoms with Gasteiger partial charge >= 0.3 is 0 Å². The molecule has 0 radical (unpaired) electrons. The lowest BCUT2D eigenvalue weighted by molar-refractivity contribution is -0.120. The highest BCUT2D eigenvalue weighted by Gasteiger charge is 1.99. The van der Waals surface area contributed by atoms with E-state index in [1.807, 2.05) is 19.1 Å². The zero-order valence-corrected chi connectivity index (χ0v) is 8.41. The van der Waals surface area contributed by atoms with Gasteiger partial charge in [0.2, 0.25) is 11.8 Å². The maximum atomic E-state index is 11.0. The number of carbonyl (C=O) groups excluding carboxylic acids is 1. The minimum atomic E-state index is 0.0228. The maximum absolute atomic E-state index is 11.0. The molecule has 0 aliphatic rings. The Morgan fingerprint density at radius 2 is 2.36 bits per heavy atom. The largest absolute Gasteiger partial charge is 0.481 e. The van der Waals surface area contributed by atoms with Crippen molar-refractivity contribution in [3.05, 3.63) is 23.9 Å². The summed E-state index contributed by atoms with van der Waals surface area (Å²) in [6.45, 7) is 2.26. The van der Waals surface area contributed by atoms with Crippen LogP contribution < -0.4 is 10.1 Å². The number of hydrogen-bond acceptors (Lipinski definition) is 3. The van der Waals surface area contributed by atoms with Gasteiger partial charge in [-0.15, -0.1) is 0 Å². The lowest BCUT2D eigenvalue weighted by Crippen LogP contribution is -2.21. The summed E-state index contributed by atoms with van der Waals surface area (Å²) < 4.78 is 4.96. The molecule has 0 bridgehead atoms. The number of ether oxygens (including phenoxy) is 1. The van der Waals surface area contributed by atoms with Crippen molar-refractivity contribution in [2.75, 3.05) is 7.11 Å². The smallest absolute Gasteiger partial charge is 0.220 e. The maximum Gasteiger partial charge on any atom is 0.220 e. The summed E-state index contributed by atoms with van der Waals surface area (Å²) in [7, 11) is 1.57. The average molecular weight is 194 g/mol. The van der Waals surface area contributed by atoms with Crippen LogP contribution in [0.5, 0.6) is 5.88 Å². The van der Waals surface area contributed by atoms with Crippen LogP contribution in [0.15, 0.2) is 18.2 Å². The number of aromatic nitrogens is 1. The normalized spacial score (nSPS) is 9.57. The second-order valence-electron chi connectivity index (χ2n) is 2.80. The third-order valence-corrected chi connectivity index (χ3v) is 1.78. The van der Waals surface area contributed by atoms with E-state index in [9.17, 15) is 4.79 Å². The first-order chi connectivity index (χ1) is 6.76. The molecule has 0 fully saturated rings. The molecule has 0 aliphatic carbocycles. The number of methoxy groups -OCH3 is 1. The van der Waals surface area contributed by atoms with Crippen molar-refractivity contribution in [1.29, 1.82) is 0 Å². The lowest BCUT2D eigenvalue weighted by Gasteiger charge is -2.04. The number of carbonyl (C=O) groups is 1. The zero-order valence-electron chi connectivity index (χ0n) is 8.41. The fourth-order valence-electron chi connectivity index (χ4n) is 0.984. The van der Waals surface area contributed by atoms with Gasteiger partial charge in [-0.1, -0.05) is 13.0 Å². The molecule has 1 rings (SSSR count). The van der Waals surface area contributed by atoms with E-state index >= 15 is 0 Å². The van der Waals surface area contributed by atoms with Crippen molar-refractivity contribution in [3.63, 3.8) is 0 Å². The molecule has 1 amide bonds. The quantitative estimate of drug-likeness (QED) is 0.781. The van der Waals surface area contributed by atoms with Crippen LogP contribution in [0.4, 0.5) is 0 Å². The molecule has 76 valence electrons. The molecular weight excluding hydrogens is 180 g/mol. The summed E-state index contributed by atoms with van der Waals surface area (Å²) in [6, 6.07) is 5.46. The summed E-state index contributed by atoms with van der Waals surface area (Å²) in [5.74, 6) is 0.586. The van der Waals surface area contributed by atoms with Crippen LogP contribution in [0, 0.1) is 0 Å². The highest BCUT2D eigenvalue weighted by Crippen LogP contribution is 2.05. The van der Waals surface area contributed by atoms with E-state index in [0.717, 1.165) is 5.69 Å². The fourth-order valence-corrected chi connectivity index (χ4v) is 0.984. The van der Waals surface area contributed by atoms with Crippen LogP contribution in [0.2, 0.25) is 0 Å². The third kappa shape index (κ3) is 3.05. The van der Waals surface area contributed by atoms with E-state index < -0.39 is 0 Å². The van der Waals surface area contributed by atoms with E-state index in [1.54, 1.807) is 13.2 Å². The summed E-state index contributed by atoms with van der Waals surface area (Å²) in [6.07, 6.45) is 0.490. The van der Waals surface area contributed by atoms with E-state index in [0.29, 0.717) is 18.8 Å². The van der Waals surface area contributed by atoms with Gasteiger partial charge in [0.1, 0.15) is 0 Å². The second kappa shape index (κ2) is 5.21. The minimum Gasteiger partial charge on any atom is -0.481 e. The Hall–Kier alpha value is -1.58. The number of pyridine rings is 1. The number of hydrogen-bond donors (Lipinski definition) is 1. The van der Waals surface area contributed by atoms with Gasteiger partial charge in [-0.3, -0.25) is 4.79 Å². The monoisotopic (exact) mass is 194 g/mol. The molecule has 14 heavy (non-hydrogen) atoms. The Morgan fingerprint density at radius 3 is 3.00 bits per heavy atom. The van der Waals surface area contributed by atoms with E-state index in [1.165, 1.54) is 0 Å². The summed E-state index contributed by atoms with van der Waals surface area (Å²) in [4.78, 5) is 15.1. The average Bonchev–Trinajstić information content (AvgIpc) is 2.26. The molecule has 0 aromatic carbocycles. The van der Waals surface area contributed by atoms with E-state index in [-0.39, 0.29) is 5.91 Å². The van der Waals surface area contributed by atoms with Crippen molar-refractivity contribution in [1.82, 2.24) is 10.3 Å². The van der Waals surface area contributed by atoms with Crippen LogP contribution in [0.1, 0.15) is 19.0 Å². The first kappa shape index (κ1) is 10.5. The molecular formula is C10H14N2O2. The van der Waals surface area contributed by atoms with Crippen LogP contribution in [0.25, 0.3) is 0 Å². The van der Waals surface area contributed by atoms with Gasteiger partial charge in [-0.25, -0.2) is 4.98 Å². The van der Waals surface area contributed by atoms with Crippen LogP contribution in [-0.4, -0.2) is 18.0 Å². The van der Waals surface area contributed by atoms with Gasteiger partial charge in [-0.2, -0.15) is 0 Å². The van der Waals surface area contributed by atoms with E-state index in [2.05, 4.69) is 10.3 Å². The molecule has 4 heteroatoms. The lowest BCUT2D eigenvalue weighted by atomic mass is 10.3.